The third-order valence-electron chi connectivity index (χ3n) is 2.97. The summed E-state index contributed by atoms with van der Waals surface area (Å²) in [6, 6.07) is 16.5. The van der Waals surface area contributed by atoms with Crippen LogP contribution in [-0.4, -0.2) is 37.1 Å². The molecule has 0 bridgehead atoms. The van der Waals surface area contributed by atoms with E-state index in [2.05, 4.69) is 5.32 Å². The molecule has 0 spiro atoms. The van der Waals surface area contributed by atoms with E-state index in [0.29, 0.717) is 18.0 Å². The number of para-hydroxylation sites is 1. The number of rotatable bonds is 8. The number of alkyl carbamates (subject to hydrolysis) is 1. The number of ether oxygens (including phenoxy) is 3. The van der Waals surface area contributed by atoms with Crippen molar-refractivity contribution in [2.24, 2.45) is 0 Å². The van der Waals surface area contributed by atoms with Crippen molar-refractivity contribution >= 4 is 6.09 Å². The van der Waals surface area contributed by atoms with Crippen molar-refractivity contribution in [3.8, 4) is 17.2 Å². The van der Waals surface area contributed by atoms with Gasteiger partial charge in [-0.3, -0.25) is 0 Å². The Morgan fingerprint density at radius 3 is 2.29 bits per heavy atom. The molecule has 0 aliphatic carbocycles. The van der Waals surface area contributed by atoms with E-state index in [-0.39, 0.29) is 13.2 Å². The number of carbonyl (C=O) groups is 1. The Labute approximate surface area is 141 Å². The number of hydrogen-bond donors (Lipinski definition) is 2. The number of nitrogens with one attached hydrogen (secondary N) is 1. The Hall–Kier alpha value is -2.73. The minimum Gasteiger partial charge on any atom is -0.491 e. The van der Waals surface area contributed by atoms with Crippen molar-refractivity contribution in [2.75, 3.05) is 19.8 Å². The number of amides is 1. The van der Waals surface area contributed by atoms with Crippen LogP contribution in [0.25, 0.3) is 0 Å². The highest BCUT2D eigenvalue weighted by Crippen LogP contribution is 2.23. The average Bonchev–Trinajstić information content (AvgIpc) is 2.60. The topological polar surface area (TPSA) is 77.0 Å². The third kappa shape index (κ3) is 6.18. The lowest BCUT2D eigenvalue weighted by Gasteiger charge is -2.13. The molecule has 0 unspecified atom stereocenters. The molecule has 2 N–H and O–H groups in total. The molecular formula is C18H21NO5. The molecule has 128 valence electrons. The zero-order valence-corrected chi connectivity index (χ0v) is 13.5. The van der Waals surface area contributed by atoms with Gasteiger partial charge in [-0.15, -0.1) is 0 Å². The van der Waals surface area contributed by atoms with Crippen LogP contribution in [0.15, 0.2) is 54.6 Å². The smallest absolute Gasteiger partial charge is 0.407 e. The Kier molecular flexibility index (Phi) is 6.91. The molecule has 1 amide bonds. The van der Waals surface area contributed by atoms with Crippen LogP contribution in [0.5, 0.6) is 17.2 Å². The molecule has 1 atom stereocenters. The monoisotopic (exact) mass is 331 g/mol. The predicted octanol–water partition coefficient (Wildman–Crippen LogP) is 2.96. The van der Waals surface area contributed by atoms with Gasteiger partial charge in [-0.25, -0.2) is 4.79 Å². The second-order valence-electron chi connectivity index (χ2n) is 4.98. The Morgan fingerprint density at radius 1 is 1.00 bits per heavy atom. The molecule has 0 aliphatic heterocycles. The van der Waals surface area contributed by atoms with E-state index in [9.17, 15) is 9.90 Å². The van der Waals surface area contributed by atoms with Gasteiger partial charge >= 0.3 is 6.09 Å². The maximum atomic E-state index is 11.1. The van der Waals surface area contributed by atoms with Crippen molar-refractivity contribution in [1.29, 1.82) is 0 Å². The van der Waals surface area contributed by atoms with Gasteiger partial charge in [0.25, 0.3) is 0 Å². The summed E-state index contributed by atoms with van der Waals surface area (Å²) in [6.45, 7) is 2.16. The highest BCUT2D eigenvalue weighted by molar-refractivity contribution is 5.66. The van der Waals surface area contributed by atoms with E-state index in [0.717, 1.165) is 5.75 Å². The van der Waals surface area contributed by atoms with E-state index in [4.69, 9.17) is 14.2 Å². The lowest BCUT2D eigenvalue weighted by molar-refractivity contribution is 0.0391. The van der Waals surface area contributed by atoms with Crippen molar-refractivity contribution in [3.63, 3.8) is 0 Å². The van der Waals surface area contributed by atoms with Crippen molar-refractivity contribution in [2.45, 2.75) is 13.0 Å². The van der Waals surface area contributed by atoms with Crippen molar-refractivity contribution in [3.05, 3.63) is 54.6 Å². The number of hydrogen-bond acceptors (Lipinski definition) is 5. The quantitative estimate of drug-likeness (QED) is 0.778. The largest absolute Gasteiger partial charge is 0.491 e. The van der Waals surface area contributed by atoms with Crippen LogP contribution in [0.2, 0.25) is 0 Å². The first-order chi connectivity index (χ1) is 11.7. The van der Waals surface area contributed by atoms with E-state index in [1.165, 1.54) is 0 Å². The molecule has 2 aromatic rings. The number of aliphatic hydroxyl groups is 1. The highest BCUT2D eigenvalue weighted by atomic mass is 16.6. The number of carbonyl (C=O) groups excluding carboxylic acids is 1. The first-order valence-electron chi connectivity index (χ1n) is 7.72. The van der Waals surface area contributed by atoms with Gasteiger partial charge in [-0.2, -0.15) is 0 Å². The number of benzene rings is 2. The van der Waals surface area contributed by atoms with Crippen LogP contribution in [0.4, 0.5) is 4.79 Å². The van der Waals surface area contributed by atoms with Gasteiger partial charge in [0.1, 0.15) is 36.6 Å². The summed E-state index contributed by atoms with van der Waals surface area (Å²) < 4.78 is 15.9. The lowest BCUT2D eigenvalue weighted by atomic mass is 10.3. The van der Waals surface area contributed by atoms with Crippen molar-refractivity contribution < 1.29 is 24.1 Å². The van der Waals surface area contributed by atoms with Gasteiger partial charge in [-0.1, -0.05) is 18.2 Å². The maximum Gasteiger partial charge on any atom is 0.407 e. The molecule has 0 fully saturated rings. The van der Waals surface area contributed by atoms with Gasteiger partial charge in [0.15, 0.2) is 0 Å². The van der Waals surface area contributed by atoms with E-state index < -0.39 is 12.2 Å². The molecule has 24 heavy (non-hydrogen) atoms. The van der Waals surface area contributed by atoms with Gasteiger partial charge in [-0.05, 0) is 43.3 Å². The van der Waals surface area contributed by atoms with Gasteiger partial charge in [0.05, 0.1) is 0 Å². The zero-order valence-electron chi connectivity index (χ0n) is 13.5. The van der Waals surface area contributed by atoms with Crippen LogP contribution >= 0.6 is 0 Å². The Balaban J connectivity index is 1.74. The molecule has 0 saturated carbocycles. The number of aliphatic hydroxyl groups excluding tert-OH is 1. The fourth-order valence-corrected chi connectivity index (χ4v) is 1.84. The second kappa shape index (κ2) is 9.42. The summed E-state index contributed by atoms with van der Waals surface area (Å²) in [5.41, 5.74) is 0. The summed E-state index contributed by atoms with van der Waals surface area (Å²) in [5.74, 6) is 2.03. The molecule has 6 nitrogen and oxygen atoms in total. The zero-order chi connectivity index (χ0) is 17.2. The van der Waals surface area contributed by atoms with E-state index in [1.54, 1.807) is 31.2 Å². The fraction of sp³-hybridized carbons (Fsp3) is 0.278. The fourth-order valence-electron chi connectivity index (χ4n) is 1.84. The summed E-state index contributed by atoms with van der Waals surface area (Å²) >= 11 is 0. The van der Waals surface area contributed by atoms with Crippen LogP contribution < -0.4 is 14.8 Å². The average molecular weight is 331 g/mol. The molecule has 0 heterocycles. The molecule has 0 radical (unpaired) electrons. The van der Waals surface area contributed by atoms with Gasteiger partial charge in [0, 0.05) is 6.54 Å². The minimum absolute atomic E-state index is 0.0261. The minimum atomic E-state index is -0.896. The lowest BCUT2D eigenvalue weighted by Crippen LogP contribution is -2.30. The van der Waals surface area contributed by atoms with Crippen LogP contribution in [0.3, 0.4) is 0 Å². The molecular weight excluding hydrogens is 310 g/mol. The molecule has 2 rings (SSSR count). The summed E-state index contributed by atoms with van der Waals surface area (Å²) in [5, 5.41) is 12.2. The first kappa shape index (κ1) is 17.6. The third-order valence-corrected chi connectivity index (χ3v) is 2.97. The summed E-state index contributed by atoms with van der Waals surface area (Å²) in [6.07, 6.45) is -1.45. The normalized spacial score (nSPS) is 11.4. The van der Waals surface area contributed by atoms with Crippen LogP contribution in [0, 0.1) is 0 Å². The molecule has 2 aromatic carbocycles. The SMILES string of the molecule is CCNC(=O)OC[C@H](O)COc1ccc(Oc2ccccc2)cc1. The summed E-state index contributed by atoms with van der Waals surface area (Å²) in [4.78, 5) is 11.1. The molecule has 0 aromatic heterocycles. The van der Waals surface area contributed by atoms with Crippen molar-refractivity contribution in [1.82, 2.24) is 5.32 Å². The second-order valence-corrected chi connectivity index (χ2v) is 4.98. The van der Waals surface area contributed by atoms with E-state index in [1.807, 2.05) is 30.3 Å². The molecule has 6 heteroatoms. The van der Waals surface area contributed by atoms with Crippen LogP contribution in [-0.2, 0) is 4.74 Å². The highest BCUT2D eigenvalue weighted by Gasteiger charge is 2.09. The molecule has 0 aliphatic rings. The Bertz CT molecular complexity index is 615. The van der Waals surface area contributed by atoms with E-state index >= 15 is 0 Å². The standard InChI is InChI=1S/C18H21NO5/c1-2-19-18(21)23-13-14(20)12-22-15-8-10-17(11-9-15)24-16-6-4-3-5-7-16/h3-11,14,20H,2,12-13H2,1H3,(H,19,21)/t14-/m1/s1. The van der Waals surface area contributed by atoms with Crippen LogP contribution in [0.1, 0.15) is 6.92 Å². The van der Waals surface area contributed by atoms with Gasteiger partial charge < -0.3 is 24.6 Å². The maximum absolute atomic E-state index is 11.1. The molecule has 0 saturated heterocycles. The van der Waals surface area contributed by atoms with Gasteiger partial charge in [0.2, 0.25) is 0 Å². The first-order valence-corrected chi connectivity index (χ1v) is 7.72. The summed E-state index contributed by atoms with van der Waals surface area (Å²) in [7, 11) is 0. The Morgan fingerprint density at radius 2 is 1.62 bits per heavy atom. The predicted molar refractivity (Wildman–Crippen MR) is 89.5 cm³/mol.